The molecule has 0 saturated carbocycles. The van der Waals surface area contributed by atoms with Gasteiger partial charge in [-0.2, -0.15) is 4.31 Å². The second-order valence-corrected chi connectivity index (χ2v) is 10.5. The number of sulfonamides is 1. The van der Waals surface area contributed by atoms with E-state index in [0.29, 0.717) is 6.42 Å². The van der Waals surface area contributed by atoms with Crippen LogP contribution in [0.3, 0.4) is 0 Å². The highest BCUT2D eigenvalue weighted by atomic mass is 32.2. The van der Waals surface area contributed by atoms with Crippen LogP contribution in [0.1, 0.15) is 18.9 Å². The van der Waals surface area contributed by atoms with Gasteiger partial charge >= 0.3 is 5.97 Å². The van der Waals surface area contributed by atoms with Crippen LogP contribution in [0, 0.1) is 10.1 Å². The quantitative estimate of drug-likeness (QED) is 0.373. The first-order valence-corrected chi connectivity index (χ1v) is 12.9. The summed E-state index contributed by atoms with van der Waals surface area (Å²) in [6.45, 7) is 2.31. The topological polar surface area (TPSA) is 121 Å². The van der Waals surface area contributed by atoms with Crippen LogP contribution < -0.4 is 0 Å². The van der Waals surface area contributed by atoms with E-state index in [2.05, 4.69) is 0 Å². The second kappa shape index (κ2) is 10.1. The molecular formula is C25H27N3O6S. The smallest absolute Gasteiger partial charge is 0.321 e. The summed E-state index contributed by atoms with van der Waals surface area (Å²) in [5, 5.41) is 23.5. The summed E-state index contributed by atoms with van der Waals surface area (Å²) >= 11 is 0. The number of hydrogen-bond acceptors (Lipinski definition) is 6. The van der Waals surface area contributed by atoms with Crippen LogP contribution >= 0.6 is 0 Å². The Balaban J connectivity index is 1.57. The maximum absolute atomic E-state index is 13.4. The Morgan fingerprint density at radius 3 is 2.46 bits per heavy atom. The van der Waals surface area contributed by atoms with Crippen LogP contribution in [0.4, 0.5) is 5.69 Å². The molecule has 0 radical (unpaired) electrons. The van der Waals surface area contributed by atoms with E-state index in [-0.39, 0.29) is 31.0 Å². The molecule has 0 aliphatic carbocycles. The van der Waals surface area contributed by atoms with E-state index in [1.54, 1.807) is 4.90 Å². The number of para-hydroxylation sites is 1. The molecule has 1 fully saturated rings. The molecule has 1 N–H and O–H groups in total. The number of benzene rings is 3. The summed E-state index contributed by atoms with van der Waals surface area (Å²) in [4.78, 5) is 24.4. The van der Waals surface area contributed by atoms with Crippen molar-refractivity contribution in [1.82, 2.24) is 9.21 Å². The molecule has 3 aromatic rings. The van der Waals surface area contributed by atoms with Gasteiger partial charge in [0.2, 0.25) is 10.0 Å². The van der Waals surface area contributed by atoms with Crippen molar-refractivity contribution >= 4 is 32.5 Å². The Morgan fingerprint density at radius 1 is 1.09 bits per heavy atom. The summed E-state index contributed by atoms with van der Waals surface area (Å²) in [5.74, 6) is -0.969. The van der Waals surface area contributed by atoms with Gasteiger partial charge in [-0.05, 0) is 35.2 Å². The fraction of sp³-hybridized carbons (Fsp3) is 0.320. The van der Waals surface area contributed by atoms with Crippen LogP contribution in [0.25, 0.3) is 10.8 Å². The van der Waals surface area contributed by atoms with Gasteiger partial charge in [0.15, 0.2) is 4.90 Å². The van der Waals surface area contributed by atoms with Crippen molar-refractivity contribution in [3.05, 3.63) is 82.4 Å². The zero-order valence-corrected chi connectivity index (χ0v) is 20.1. The number of fused-ring (bicyclic) bond motifs is 1. The number of hydrogen-bond donors (Lipinski definition) is 1. The molecule has 9 nitrogen and oxygen atoms in total. The van der Waals surface area contributed by atoms with Crippen molar-refractivity contribution < 1.29 is 23.2 Å². The lowest BCUT2D eigenvalue weighted by molar-refractivity contribution is -0.387. The van der Waals surface area contributed by atoms with Gasteiger partial charge in [-0.3, -0.25) is 19.8 Å². The van der Waals surface area contributed by atoms with Gasteiger partial charge in [-0.1, -0.05) is 61.5 Å². The van der Waals surface area contributed by atoms with E-state index >= 15 is 0 Å². The first-order chi connectivity index (χ1) is 16.7. The molecule has 0 amide bonds. The Hall–Kier alpha value is -3.34. The normalized spacial score (nSPS) is 18.4. The predicted octanol–water partition coefficient (Wildman–Crippen LogP) is 3.53. The first kappa shape index (κ1) is 24.8. The van der Waals surface area contributed by atoms with Crippen molar-refractivity contribution in [2.24, 2.45) is 0 Å². The fourth-order valence-corrected chi connectivity index (χ4v) is 6.55. The number of carboxylic acid groups (broad SMARTS) is 1. The van der Waals surface area contributed by atoms with E-state index in [1.807, 2.05) is 49.4 Å². The van der Waals surface area contributed by atoms with Crippen molar-refractivity contribution in [3.8, 4) is 0 Å². The van der Waals surface area contributed by atoms with Gasteiger partial charge in [0, 0.05) is 31.7 Å². The summed E-state index contributed by atoms with van der Waals surface area (Å²) in [7, 11) is -4.13. The zero-order valence-electron chi connectivity index (χ0n) is 19.3. The Kier molecular flexibility index (Phi) is 7.15. The van der Waals surface area contributed by atoms with Gasteiger partial charge in [0.25, 0.3) is 5.69 Å². The van der Waals surface area contributed by atoms with Gasteiger partial charge < -0.3 is 5.11 Å². The third-order valence-electron chi connectivity index (χ3n) is 6.55. The molecule has 0 aromatic heterocycles. The van der Waals surface area contributed by atoms with E-state index in [4.69, 9.17) is 0 Å². The lowest BCUT2D eigenvalue weighted by atomic mass is 9.99. The monoisotopic (exact) mass is 497 g/mol. The van der Waals surface area contributed by atoms with E-state index in [9.17, 15) is 28.4 Å². The third-order valence-corrected chi connectivity index (χ3v) is 8.55. The van der Waals surface area contributed by atoms with E-state index in [0.717, 1.165) is 16.3 Å². The van der Waals surface area contributed by atoms with Crippen molar-refractivity contribution in [2.45, 2.75) is 36.7 Å². The average molecular weight is 498 g/mol. The highest BCUT2D eigenvalue weighted by molar-refractivity contribution is 7.89. The molecule has 4 rings (SSSR count). The minimum Gasteiger partial charge on any atom is -0.480 e. The van der Waals surface area contributed by atoms with E-state index in [1.165, 1.54) is 28.6 Å². The number of nitro benzene ring substituents is 1. The van der Waals surface area contributed by atoms with Crippen molar-refractivity contribution in [1.29, 1.82) is 0 Å². The Morgan fingerprint density at radius 2 is 1.77 bits per heavy atom. The fourth-order valence-electron chi connectivity index (χ4n) is 4.71. The van der Waals surface area contributed by atoms with Gasteiger partial charge in [-0.15, -0.1) is 0 Å². The summed E-state index contributed by atoms with van der Waals surface area (Å²) < 4.78 is 28.1. The Bertz CT molecular complexity index is 1360. The highest BCUT2D eigenvalue weighted by Crippen LogP contribution is 2.30. The molecular weight excluding hydrogens is 470 g/mol. The zero-order chi connectivity index (χ0) is 25.2. The molecule has 3 aromatic carbocycles. The number of carboxylic acids is 1. The number of nitro groups is 1. The standard InChI is InChI=1S/C25H27N3O6S/c1-2-21-17-26(13-14-27(21)35(33,34)24-10-6-5-9-22(24)28(31)32)23(25(29)30)16-18-11-12-19-7-3-4-8-20(19)15-18/h3-12,15,21,23H,2,13-14,16-17H2,1H3,(H,29,30). The molecule has 1 aliphatic rings. The molecule has 1 heterocycles. The molecule has 184 valence electrons. The number of carbonyl (C=O) groups is 1. The number of aliphatic carboxylic acids is 1. The second-order valence-electron chi connectivity index (χ2n) is 8.64. The van der Waals surface area contributed by atoms with Crippen molar-refractivity contribution in [3.63, 3.8) is 0 Å². The largest absolute Gasteiger partial charge is 0.480 e. The minimum atomic E-state index is -4.13. The van der Waals surface area contributed by atoms with Gasteiger partial charge in [-0.25, -0.2) is 8.42 Å². The Labute approximate surface area is 203 Å². The molecule has 0 bridgehead atoms. The molecule has 1 saturated heterocycles. The molecule has 0 spiro atoms. The van der Waals surface area contributed by atoms with Crippen LogP contribution in [0.2, 0.25) is 0 Å². The molecule has 10 heteroatoms. The summed E-state index contributed by atoms with van der Waals surface area (Å²) in [6.07, 6.45) is 0.728. The summed E-state index contributed by atoms with van der Waals surface area (Å²) in [6, 6.07) is 17.7. The molecule has 2 unspecified atom stereocenters. The van der Waals surface area contributed by atoms with Crippen LogP contribution in [-0.4, -0.2) is 65.3 Å². The first-order valence-electron chi connectivity index (χ1n) is 11.4. The number of rotatable bonds is 8. The number of nitrogens with zero attached hydrogens (tertiary/aromatic N) is 3. The van der Waals surface area contributed by atoms with Crippen LogP contribution in [0.15, 0.2) is 71.6 Å². The van der Waals surface area contributed by atoms with Crippen molar-refractivity contribution in [2.75, 3.05) is 19.6 Å². The maximum Gasteiger partial charge on any atom is 0.321 e. The van der Waals surface area contributed by atoms with Gasteiger partial charge in [0.05, 0.1) is 4.92 Å². The lowest BCUT2D eigenvalue weighted by Crippen LogP contribution is -2.59. The third kappa shape index (κ3) is 5.04. The van der Waals surface area contributed by atoms with E-state index < -0.39 is 38.7 Å². The molecule has 35 heavy (non-hydrogen) atoms. The van der Waals surface area contributed by atoms with Crippen LogP contribution in [-0.2, 0) is 21.2 Å². The molecule has 2 atom stereocenters. The molecule has 1 aliphatic heterocycles. The lowest BCUT2D eigenvalue weighted by Gasteiger charge is -2.42. The average Bonchev–Trinajstić information content (AvgIpc) is 2.86. The summed E-state index contributed by atoms with van der Waals surface area (Å²) in [5.41, 5.74) is 0.420. The predicted molar refractivity (Wildman–Crippen MR) is 132 cm³/mol. The maximum atomic E-state index is 13.4. The minimum absolute atomic E-state index is 0.0500. The van der Waals surface area contributed by atoms with Crippen LogP contribution in [0.5, 0.6) is 0 Å². The number of piperazine rings is 1. The van der Waals surface area contributed by atoms with Gasteiger partial charge in [0.1, 0.15) is 6.04 Å². The highest BCUT2D eigenvalue weighted by Gasteiger charge is 2.41. The SMILES string of the molecule is CCC1CN(C(Cc2ccc3ccccc3c2)C(=O)O)CCN1S(=O)(=O)c1ccccc1[N+](=O)[O-].